The van der Waals surface area contributed by atoms with Crippen molar-refractivity contribution in [2.75, 3.05) is 6.61 Å². The summed E-state index contributed by atoms with van der Waals surface area (Å²) >= 11 is 3.11. The van der Waals surface area contributed by atoms with Crippen molar-refractivity contribution >= 4 is 38.8 Å². The van der Waals surface area contributed by atoms with Gasteiger partial charge in [-0.05, 0) is 56.5 Å². The Morgan fingerprint density at radius 1 is 1.12 bits per heavy atom. The van der Waals surface area contributed by atoms with Crippen LogP contribution in [-0.2, 0) is 4.79 Å². The minimum Gasteiger partial charge on any atom is -0.504 e. The third-order valence-electron chi connectivity index (χ3n) is 3.56. The number of aromatic hydroxyl groups is 2. The van der Waals surface area contributed by atoms with Crippen molar-refractivity contribution < 1.29 is 19.7 Å². The van der Waals surface area contributed by atoms with Crippen molar-refractivity contribution in [2.45, 2.75) is 0 Å². The Hall–Kier alpha value is -3.06. The molecule has 0 heterocycles. The van der Waals surface area contributed by atoms with E-state index < -0.39 is 5.91 Å². The zero-order valence-electron chi connectivity index (χ0n) is 13.5. The fourth-order valence-electron chi connectivity index (χ4n) is 2.30. The van der Waals surface area contributed by atoms with Crippen molar-refractivity contribution in [3.63, 3.8) is 0 Å². The van der Waals surface area contributed by atoms with Crippen LogP contribution < -0.4 is 10.2 Å². The topological polar surface area (TPSA) is 91.2 Å². The second kappa shape index (κ2) is 7.88. The molecule has 3 rings (SSSR count). The van der Waals surface area contributed by atoms with Gasteiger partial charge in [0, 0.05) is 0 Å². The van der Waals surface area contributed by atoms with Gasteiger partial charge >= 0.3 is 0 Å². The van der Waals surface area contributed by atoms with E-state index in [-0.39, 0.29) is 18.1 Å². The molecule has 3 aromatic rings. The van der Waals surface area contributed by atoms with Gasteiger partial charge in [-0.15, -0.1) is 0 Å². The number of phenolic OH excluding ortho intramolecular Hbond substituents is 2. The molecular weight excluding hydrogens is 400 g/mol. The lowest BCUT2D eigenvalue weighted by Crippen LogP contribution is -2.24. The molecular formula is C19H15BrN2O4. The van der Waals surface area contributed by atoms with Gasteiger partial charge in [-0.2, -0.15) is 5.10 Å². The van der Waals surface area contributed by atoms with Gasteiger partial charge in [0.1, 0.15) is 5.75 Å². The van der Waals surface area contributed by atoms with Crippen molar-refractivity contribution in [3.05, 3.63) is 64.6 Å². The van der Waals surface area contributed by atoms with Gasteiger partial charge in [-0.1, -0.05) is 30.3 Å². The molecule has 26 heavy (non-hydrogen) atoms. The number of rotatable bonds is 5. The van der Waals surface area contributed by atoms with Crippen molar-refractivity contribution in [1.82, 2.24) is 5.43 Å². The number of halogens is 1. The average Bonchev–Trinajstić information content (AvgIpc) is 2.64. The van der Waals surface area contributed by atoms with Crippen LogP contribution in [0.15, 0.2) is 64.2 Å². The number of carbonyl (C=O) groups is 1. The maximum Gasteiger partial charge on any atom is 0.277 e. The molecule has 6 nitrogen and oxygen atoms in total. The molecule has 0 saturated heterocycles. The first-order chi connectivity index (χ1) is 12.5. The number of nitrogens with one attached hydrogen (secondary N) is 1. The lowest BCUT2D eigenvalue weighted by molar-refractivity contribution is -0.123. The molecule has 0 saturated carbocycles. The van der Waals surface area contributed by atoms with E-state index in [0.717, 1.165) is 10.8 Å². The molecule has 0 unspecified atom stereocenters. The Bertz CT molecular complexity index is 965. The fourth-order valence-corrected chi connectivity index (χ4v) is 2.76. The molecule has 7 heteroatoms. The van der Waals surface area contributed by atoms with Gasteiger partial charge in [0.15, 0.2) is 18.1 Å². The van der Waals surface area contributed by atoms with Crippen LogP contribution in [0.2, 0.25) is 0 Å². The highest BCUT2D eigenvalue weighted by molar-refractivity contribution is 9.10. The molecule has 0 aromatic heterocycles. The van der Waals surface area contributed by atoms with Gasteiger partial charge in [0.05, 0.1) is 10.7 Å². The van der Waals surface area contributed by atoms with E-state index >= 15 is 0 Å². The van der Waals surface area contributed by atoms with E-state index in [4.69, 9.17) is 4.74 Å². The Morgan fingerprint density at radius 2 is 1.88 bits per heavy atom. The molecule has 0 spiro atoms. The minimum atomic E-state index is -0.420. The summed E-state index contributed by atoms with van der Waals surface area (Å²) < 4.78 is 5.79. The average molecular weight is 415 g/mol. The van der Waals surface area contributed by atoms with Crippen molar-refractivity contribution in [1.29, 1.82) is 0 Å². The van der Waals surface area contributed by atoms with Gasteiger partial charge < -0.3 is 14.9 Å². The van der Waals surface area contributed by atoms with Crippen LogP contribution in [0, 0.1) is 0 Å². The first-order valence-corrected chi connectivity index (χ1v) is 8.47. The van der Waals surface area contributed by atoms with E-state index in [2.05, 4.69) is 26.5 Å². The molecule has 0 aliphatic rings. The number of benzene rings is 3. The number of carbonyl (C=O) groups excluding carboxylic acids is 1. The molecule has 0 bridgehead atoms. The number of hydrogen-bond donors (Lipinski definition) is 3. The van der Waals surface area contributed by atoms with Gasteiger partial charge in [0.25, 0.3) is 5.91 Å². The normalized spacial score (nSPS) is 11.0. The molecule has 0 radical (unpaired) electrons. The highest BCUT2D eigenvalue weighted by atomic mass is 79.9. The van der Waals surface area contributed by atoms with Crippen LogP contribution in [0.3, 0.4) is 0 Å². The Kier molecular flexibility index (Phi) is 5.38. The molecule has 3 aromatic carbocycles. The molecule has 132 valence electrons. The molecule has 0 aliphatic carbocycles. The summed E-state index contributed by atoms with van der Waals surface area (Å²) in [7, 11) is 0. The van der Waals surface area contributed by atoms with E-state index in [1.807, 2.05) is 36.4 Å². The van der Waals surface area contributed by atoms with Crippen LogP contribution in [0.5, 0.6) is 17.2 Å². The summed E-state index contributed by atoms with van der Waals surface area (Å²) in [6, 6.07) is 16.3. The second-order valence-corrected chi connectivity index (χ2v) is 6.32. The van der Waals surface area contributed by atoms with Crippen LogP contribution in [0.4, 0.5) is 0 Å². The molecule has 0 aliphatic heterocycles. The standard InChI is InChI=1S/C19H15BrN2O4/c20-16-7-12(8-17(23)19(16)25)10-21-22-18(24)11-26-15-6-5-13-3-1-2-4-14(13)9-15/h1-10,23,25H,11H2,(H,22,24)/b21-10-. The quantitative estimate of drug-likeness (QED) is 0.338. The van der Waals surface area contributed by atoms with Crippen molar-refractivity contribution in [2.24, 2.45) is 5.10 Å². The minimum absolute atomic E-state index is 0.180. The van der Waals surface area contributed by atoms with Crippen LogP contribution in [-0.4, -0.2) is 28.9 Å². The third kappa shape index (κ3) is 4.31. The number of ether oxygens (including phenoxy) is 1. The summed E-state index contributed by atoms with van der Waals surface area (Å²) in [5.74, 6) is -0.367. The Morgan fingerprint density at radius 3 is 2.65 bits per heavy atom. The monoisotopic (exact) mass is 414 g/mol. The fraction of sp³-hybridized carbons (Fsp3) is 0.0526. The largest absolute Gasteiger partial charge is 0.504 e. The summed E-state index contributed by atoms with van der Waals surface area (Å²) in [4.78, 5) is 11.8. The summed E-state index contributed by atoms with van der Waals surface area (Å²) in [5, 5.41) is 24.9. The first-order valence-electron chi connectivity index (χ1n) is 7.68. The van der Waals surface area contributed by atoms with Crippen molar-refractivity contribution in [3.8, 4) is 17.2 Å². The third-order valence-corrected chi connectivity index (χ3v) is 4.16. The van der Waals surface area contributed by atoms with E-state index in [1.54, 1.807) is 12.1 Å². The number of hydrazone groups is 1. The number of fused-ring (bicyclic) bond motifs is 1. The lowest BCUT2D eigenvalue weighted by atomic mass is 10.1. The van der Waals surface area contributed by atoms with Crippen LogP contribution in [0.25, 0.3) is 10.8 Å². The highest BCUT2D eigenvalue weighted by Crippen LogP contribution is 2.33. The highest BCUT2D eigenvalue weighted by Gasteiger charge is 2.06. The molecule has 1 amide bonds. The summed E-state index contributed by atoms with van der Waals surface area (Å²) in [6.45, 7) is -0.180. The predicted octanol–water partition coefficient (Wildman–Crippen LogP) is 3.54. The maximum atomic E-state index is 11.8. The molecule has 0 atom stereocenters. The smallest absolute Gasteiger partial charge is 0.277 e. The van der Waals surface area contributed by atoms with E-state index in [9.17, 15) is 15.0 Å². The van der Waals surface area contributed by atoms with Crippen LogP contribution in [0.1, 0.15) is 5.56 Å². The van der Waals surface area contributed by atoms with Crippen LogP contribution >= 0.6 is 15.9 Å². The predicted molar refractivity (Wildman–Crippen MR) is 103 cm³/mol. The Labute approximate surface area is 157 Å². The first kappa shape index (κ1) is 17.8. The number of phenols is 2. The zero-order chi connectivity index (χ0) is 18.5. The SMILES string of the molecule is O=C(COc1ccc2ccccc2c1)N/N=C\c1cc(O)c(O)c(Br)c1. The van der Waals surface area contributed by atoms with E-state index in [1.165, 1.54) is 12.3 Å². The number of hydrogen-bond acceptors (Lipinski definition) is 5. The molecule has 0 fully saturated rings. The van der Waals surface area contributed by atoms with Gasteiger partial charge in [-0.3, -0.25) is 4.79 Å². The summed E-state index contributed by atoms with van der Waals surface area (Å²) in [5.41, 5.74) is 2.84. The summed E-state index contributed by atoms with van der Waals surface area (Å²) in [6.07, 6.45) is 1.35. The zero-order valence-corrected chi connectivity index (χ0v) is 15.1. The molecule has 3 N–H and O–H groups in total. The Balaban J connectivity index is 1.55. The maximum absolute atomic E-state index is 11.8. The second-order valence-electron chi connectivity index (χ2n) is 5.46. The lowest BCUT2D eigenvalue weighted by Gasteiger charge is -2.06. The van der Waals surface area contributed by atoms with Gasteiger partial charge in [-0.25, -0.2) is 5.43 Å². The number of amides is 1. The van der Waals surface area contributed by atoms with Gasteiger partial charge in [0.2, 0.25) is 0 Å². The number of nitrogens with zero attached hydrogens (tertiary/aromatic N) is 1. The van der Waals surface area contributed by atoms with E-state index in [0.29, 0.717) is 15.8 Å².